The number of aliphatic carboxylic acids is 1. The first-order valence-electron chi connectivity index (χ1n) is 7.81. The largest absolute Gasteiger partial charge is 0.480 e. The molecule has 2 rings (SSSR count). The fourth-order valence-corrected chi connectivity index (χ4v) is 8.65. The number of sulfone groups is 2. The highest BCUT2D eigenvalue weighted by molar-refractivity contribution is 8.11. The molecule has 0 amide bonds. The lowest BCUT2D eigenvalue weighted by atomic mass is 10.4. The molecular weight excluding hydrogens is 410 g/mol. The van der Waals surface area contributed by atoms with E-state index in [2.05, 4.69) is 0 Å². The molecule has 0 saturated heterocycles. The van der Waals surface area contributed by atoms with Crippen molar-refractivity contribution in [1.82, 2.24) is 0 Å². The fourth-order valence-electron chi connectivity index (χ4n) is 2.23. The molecule has 2 aromatic carbocycles. The number of benzene rings is 2. The maximum absolute atomic E-state index is 13.0. The lowest BCUT2D eigenvalue weighted by molar-refractivity contribution is -0.137. The van der Waals surface area contributed by atoms with Crippen LogP contribution in [0.2, 0.25) is 0 Å². The van der Waals surface area contributed by atoms with Gasteiger partial charge in [-0.25, -0.2) is 16.8 Å². The van der Waals surface area contributed by atoms with E-state index in [1.165, 1.54) is 48.5 Å². The van der Waals surface area contributed by atoms with Gasteiger partial charge in [0.25, 0.3) is 0 Å². The predicted molar refractivity (Wildman–Crippen MR) is 104 cm³/mol. The summed E-state index contributed by atoms with van der Waals surface area (Å²) >= 11 is 0.877. The van der Waals surface area contributed by atoms with E-state index in [1.54, 1.807) is 12.1 Å². The summed E-state index contributed by atoms with van der Waals surface area (Å²) in [5, 5.41) is 8.85. The van der Waals surface area contributed by atoms with Crippen molar-refractivity contribution in [3.63, 3.8) is 0 Å². The van der Waals surface area contributed by atoms with Gasteiger partial charge in [-0.15, -0.1) is 0 Å². The molecule has 7 nitrogen and oxygen atoms in total. The predicted octanol–water partition coefficient (Wildman–Crippen LogP) is 1.41. The second-order valence-electron chi connectivity index (χ2n) is 5.63. The lowest BCUT2D eigenvalue weighted by Gasteiger charge is -2.19. The molecule has 0 fully saturated rings. The van der Waals surface area contributed by atoms with Crippen molar-refractivity contribution in [2.75, 3.05) is 11.5 Å². The molecule has 0 spiro atoms. The molecule has 1 atom stereocenters. The summed E-state index contributed by atoms with van der Waals surface area (Å²) < 4.78 is 50.3. The van der Waals surface area contributed by atoms with E-state index < -0.39 is 36.3 Å². The van der Waals surface area contributed by atoms with Crippen molar-refractivity contribution in [1.29, 1.82) is 0 Å². The van der Waals surface area contributed by atoms with Gasteiger partial charge in [0.05, 0.1) is 9.79 Å². The minimum absolute atomic E-state index is 0.111. The molecule has 0 heterocycles. The number of hydrogen-bond donors (Lipinski definition) is 2. The Kier molecular flexibility index (Phi) is 7.04. The molecule has 27 heavy (non-hydrogen) atoms. The summed E-state index contributed by atoms with van der Waals surface area (Å²) in [5.74, 6) is -1.69. The standard InChI is InChI=1S/C17H19NO6S3/c18-15(17(19)20)11-25-12-16(26(21,22)13-7-3-1-4-8-13)27(23,24)14-9-5-2-6-10-14/h1-10,15-16H,11-12,18H2,(H,19,20). The molecule has 0 saturated carbocycles. The molecule has 0 radical (unpaired) electrons. The third-order valence-corrected chi connectivity index (χ3v) is 10.4. The monoisotopic (exact) mass is 429 g/mol. The van der Waals surface area contributed by atoms with E-state index in [0.29, 0.717) is 0 Å². The van der Waals surface area contributed by atoms with E-state index in [4.69, 9.17) is 10.8 Å². The first kappa shape index (κ1) is 21.4. The van der Waals surface area contributed by atoms with Crippen LogP contribution in [0, 0.1) is 0 Å². The quantitative estimate of drug-likeness (QED) is 0.611. The maximum Gasteiger partial charge on any atom is 0.321 e. The fraction of sp³-hybridized carbons (Fsp3) is 0.235. The summed E-state index contributed by atoms with van der Waals surface area (Å²) in [6.45, 7) is 0. The summed E-state index contributed by atoms with van der Waals surface area (Å²) in [7, 11) is -8.44. The molecule has 146 valence electrons. The van der Waals surface area contributed by atoms with Crippen molar-refractivity contribution < 1.29 is 26.7 Å². The Bertz CT molecular complexity index is 906. The summed E-state index contributed by atoms with van der Waals surface area (Å²) in [6.07, 6.45) is 0. The lowest BCUT2D eigenvalue weighted by Crippen LogP contribution is -2.36. The molecule has 10 heteroatoms. The Morgan fingerprint density at radius 1 is 0.852 bits per heavy atom. The number of carboxylic acid groups (broad SMARTS) is 1. The number of nitrogens with two attached hydrogens (primary N) is 1. The second kappa shape index (κ2) is 8.87. The Labute approximate surface area is 162 Å². The Hall–Kier alpha value is -1.88. The van der Waals surface area contributed by atoms with Crippen LogP contribution >= 0.6 is 11.8 Å². The van der Waals surface area contributed by atoms with Crippen LogP contribution in [0.1, 0.15) is 0 Å². The van der Waals surface area contributed by atoms with Gasteiger partial charge in [-0.2, -0.15) is 11.8 Å². The SMILES string of the molecule is NC(CSCC(S(=O)(=O)c1ccccc1)S(=O)(=O)c1ccccc1)C(=O)O. The van der Waals surface area contributed by atoms with E-state index in [9.17, 15) is 21.6 Å². The summed E-state index contributed by atoms with van der Waals surface area (Å²) in [5.41, 5.74) is 5.42. The Morgan fingerprint density at radius 2 is 1.26 bits per heavy atom. The first-order chi connectivity index (χ1) is 12.7. The van der Waals surface area contributed by atoms with Crippen LogP contribution in [0.4, 0.5) is 0 Å². The van der Waals surface area contributed by atoms with Crippen LogP contribution in [0.15, 0.2) is 70.5 Å². The van der Waals surface area contributed by atoms with Crippen molar-refractivity contribution in [2.24, 2.45) is 5.73 Å². The smallest absolute Gasteiger partial charge is 0.321 e. The van der Waals surface area contributed by atoms with Crippen LogP contribution in [0.5, 0.6) is 0 Å². The van der Waals surface area contributed by atoms with E-state index in [-0.39, 0.29) is 21.3 Å². The molecular formula is C17H19NO6S3. The number of thioether (sulfide) groups is 1. The van der Waals surface area contributed by atoms with Gasteiger partial charge in [-0.05, 0) is 24.3 Å². The number of hydrogen-bond acceptors (Lipinski definition) is 7. The molecule has 0 aliphatic carbocycles. The van der Waals surface area contributed by atoms with E-state index >= 15 is 0 Å². The van der Waals surface area contributed by atoms with E-state index in [0.717, 1.165) is 11.8 Å². The van der Waals surface area contributed by atoms with Crippen LogP contribution in [0.3, 0.4) is 0 Å². The average Bonchev–Trinajstić information content (AvgIpc) is 2.66. The molecule has 3 N–H and O–H groups in total. The zero-order valence-corrected chi connectivity index (χ0v) is 16.6. The van der Waals surface area contributed by atoms with Gasteiger partial charge < -0.3 is 10.8 Å². The third-order valence-electron chi connectivity index (χ3n) is 3.70. The average molecular weight is 430 g/mol. The van der Waals surface area contributed by atoms with Crippen molar-refractivity contribution in [3.05, 3.63) is 60.7 Å². The van der Waals surface area contributed by atoms with Gasteiger partial charge in [-0.1, -0.05) is 36.4 Å². The van der Waals surface area contributed by atoms with Crippen LogP contribution in [0.25, 0.3) is 0 Å². The zero-order chi connectivity index (χ0) is 20.1. The van der Waals surface area contributed by atoms with Gasteiger partial charge in [-0.3, -0.25) is 4.79 Å². The summed E-state index contributed by atoms with van der Waals surface area (Å²) in [4.78, 5) is 10.6. The molecule has 0 bridgehead atoms. The Morgan fingerprint density at radius 3 is 1.63 bits per heavy atom. The molecule has 1 unspecified atom stereocenters. The normalized spacial score (nSPS) is 13.4. The van der Waals surface area contributed by atoms with Crippen molar-refractivity contribution >= 4 is 37.4 Å². The third kappa shape index (κ3) is 5.10. The highest BCUT2D eigenvalue weighted by Crippen LogP contribution is 2.28. The van der Waals surface area contributed by atoms with Crippen molar-refractivity contribution in [2.45, 2.75) is 20.4 Å². The number of carboxylic acids is 1. The molecule has 0 aliphatic rings. The van der Waals surface area contributed by atoms with Gasteiger partial charge in [0.1, 0.15) is 6.04 Å². The zero-order valence-electron chi connectivity index (χ0n) is 14.1. The minimum Gasteiger partial charge on any atom is -0.480 e. The van der Waals surface area contributed by atoms with Gasteiger partial charge >= 0.3 is 5.97 Å². The topological polar surface area (TPSA) is 132 Å². The molecule has 0 aromatic heterocycles. The first-order valence-corrected chi connectivity index (χ1v) is 12.1. The highest BCUT2D eigenvalue weighted by Gasteiger charge is 2.39. The van der Waals surface area contributed by atoms with Crippen LogP contribution in [-0.4, -0.2) is 50.0 Å². The maximum atomic E-state index is 13.0. The molecule has 0 aliphatic heterocycles. The second-order valence-corrected chi connectivity index (χ2v) is 11.3. The summed E-state index contributed by atoms with van der Waals surface area (Å²) in [6, 6.07) is 13.4. The van der Waals surface area contributed by atoms with Crippen LogP contribution in [-0.2, 0) is 24.5 Å². The minimum atomic E-state index is -4.22. The number of rotatable bonds is 9. The highest BCUT2D eigenvalue weighted by atomic mass is 32.3. The van der Waals surface area contributed by atoms with Crippen LogP contribution < -0.4 is 5.73 Å². The van der Waals surface area contributed by atoms with Gasteiger partial charge in [0, 0.05) is 11.5 Å². The molecule has 2 aromatic rings. The van der Waals surface area contributed by atoms with Gasteiger partial charge in [0.2, 0.25) is 0 Å². The van der Waals surface area contributed by atoms with E-state index in [1.807, 2.05) is 0 Å². The number of carbonyl (C=O) groups is 1. The van der Waals surface area contributed by atoms with Gasteiger partial charge in [0.15, 0.2) is 24.3 Å². The Balaban J connectivity index is 2.42. The van der Waals surface area contributed by atoms with Crippen molar-refractivity contribution in [3.8, 4) is 0 Å².